The zero-order chi connectivity index (χ0) is 15.5. The second-order valence-corrected chi connectivity index (χ2v) is 5.67. The van der Waals surface area contributed by atoms with Crippen molar-refractivity contribution in [2.75, 3.05) is 5.32 Å². The molecule has 112 valence electrons. The van der Waals surface area contributed by atoms with E-state index in [0.29, 0.717) is 18.8 Å². The number of hydrogen-bond acceptors (Lipinski definition) is 3. The number of carboxylic acids is 1. The quantitative estimate of drug-likeness (QED) is 0.889. The number of halogens is 1. The molecule has 0 amide bonds. The van der Waals surface area contributed by atoms with Crippen molar-refractivity contribution in [1.29, 1.82) is 5.26 Å². The normalized spacial score (nSPS) is 25.1. The lowest BCUT2D eigenvalue weighted by Crippen LogP contribution is -2.49. The molecule has 1 saturated carbocycles. The summed E-state index contributed by atoms with van der Waals surface area (Å²) in [6, 6.07) is 5.90. The average molecular weight is 290 g/mol. The Hall–Kier alpha value is -2.09. The Morgan fingerprint density at radius 1 is 1.52 bits per heavy atom. The topological polar surface area (TPSA) is 73.1 Å². The van der Waals surface area contributed by atoms with E-state index in [1.807, 2.05) is 6.07 Å². The monoisotopic (exact) mass is 290 g/mol. The lowest BCUT2D eigenvalue weighted by Gasteiger charge is -2.38. The van der Waals surface area contributed by atoms with Gasteiger partial charge in [-0.2, -0.15) is 5.26 Å². The van der Waals surface area contributed by atoms with Crippen molar-refractivity contribution in [3.63, 3.8) is 0 Å². The highest BCUT2D eigenvalue weighted by Gasteiger charge is 2.42. The van der Waals surface area contributed by atoms with Crippen LogP contribution in [0, 0.1) is 23.1 Å². The van der Waals surface area contributed by atoms with Crippen LogP contribution in [0.3, 0.4) is 0 Å². The number of nitrogens with one attached hydrogen (secondary N) is 1. The maximum absolute atomic E-state index is 14.0. The molecule has 4 nitrogen and oxygen atoms in total. The summed E-state index contributed by atoms with van der Waals surface area (Å²) in [4.78, 5) is 11.7. The van der Waals surface area contributed by atoms with Crippen LogP contribution in [0.5, 0.6) is 0 Å². The summed E-state index contributed by atoms with van der Waals surface area (Å²) in [6.07, 6.45) is 3.67. The molecule has 0 aromatic heterocycles. The van der Waals surface area contributed by atoms with Gasteiger partial charge in [0.15, 0.2) is 0 Å². The summed E-state index contributed by atoms with van der Waals surface area (Å²) in [5.41, 5.74) is -0.746. The van der Waals surface area contributed by atoms with Crippen LogP contribution in [0.4, 0.5) is 10.1 Å². The first kappa shape index (κ1) is 15.3. The van der Waals surface area contributed by atoms with Crippen LogP contribution in [0.25, 0.3) is 0 Å². The van der Waals surface area contributed by atoms with Gasteiger partial charge >= 0.3 is 5.97 Å². The van der Waals surface area contributed by atoms with E-state index in [0.717, 1.165) is 25.3 Å². The molecule has 1 aliphatic rings. The first-order valence-corrected chi connectivity index (χ1v) is 7.22. The fourth-order valence-corrected chi connectivity index (χ4v) is 2.91. The summed E-state index contributed by atoms with van der Waals surface area (Å²) < 4.78 is 14.0. The van der Waals surface area contributed by atoms with E-state index in [2.05, 4.69) is 12.2 Å². The van der Waals surface area contributed by atoms with E-state index in [-0.39, 0.29) is 11.3 Å². The number of benzene rings is 1. The molecule has 0 radical (unpaired) electrons. The third-order valence-electron chi connectivity index (χ3n) is 4.42. The highest BCUT2D eigenvalue weighted by atomic mass is 19.1. The number of hydrogen-bond donors (Lipinski definition) is 2. The second-order valence-electron chi connectivity index (χ2n) is 5.67. The number of carbonyl (C=O) groups is 1. The minimum Gasteiger partial charge on any atom is -0.480 e. The van der Waals surface area contributed by atoms with Gasteiger partial charge in [0.1, 0.15) is 11.4 Å². The number of aliphatic carboxylic acids is 1. The smallest absolute Gasteiger partial charge is 0.329 e. The van der Waals surface area contributed by atoms with Crippen molar-refractivity contribution in [2.24, 2.45) is 5.92 Å². The fraction of sp³-hybridized carbons (Fsp3) is 0.500. The Morgan fingerprint density at radius 3 is 2.67 bits per heavy atom. The summed E-state index contributed by atoms with van der Waals surface area (Å²) in [5, 5.41) is 21.2. The van der Waals surface area contributed by atoms with Crippen LogP contribution in [-0.4, -0.2) is 16.6 Å². The van der Waals surface area contributed by atoms with E-state index in [9.17, 15) is 14.3 Å². The summed E-state index contributed by atoms with van der Waals surface area (Å²) in [5.74, 6) is -0.988. The molecular formula is C16H19FN2O2. The Balaban J connectivity index is 2.22. The van der Waals surface area contributed by atoms with Crippen LogP contribution >= 0.6 is 0 Å². The third-order valence-corrected chi connectivity index (χ3v) is 4.42. The molecule has 0 unspecified atom stereocenters. The highest BCUT2D eigenvalue weighted by molar-refractivity contribution is 5.83. The average Bonchev–Trinajstić information content (AvgIpc) is 2.49. The number of carboxylic acid groups (broad SMARTS) is 1. The van der Waals surface area contributed by atoms with E-state index in [1.165, 1.54) is 12.1 Å². The molecule has 0 saturated heterocycles. The van der Waals surface area contributed by atoms with Crippen molar-refractivity contribution in [3.05, 3.63) is 29.6 Å². The summed E-state index contributed by atoms with van der Waals surface area (Å²) in [7, 11) is 0. The zero-order valence-corrected chi connectivity index (χ0v) is 12.0. The standard InChI is InChI=1S/C16H19FN2O2/c1-2-11-5-7-16(8-6-11,15(20)21)19-14-4-3-12(10-18)9-13(14)17/h3-4,9,11,19H,2,5-8H2,1H3,(H,20,21). The van der Waals surface area contributed by atoms with Crippen LogP contribution in [-0.2, 0) is 4.79 Å². The first-order valence-electron chi connectivity index (χ1n) is 7.22. The van der Waals surface area contributed by atoms with Gasteiger partial charge in [-0.15, -0.1) is 0 Å². The summed E-state index contributed by atoms with van der Waals surface area (Å²) >= 11 is 0. The molecule has 21 heavy (non-hydrogen) atoms. The maximum Gasteiger partial charge on any atom is 0.329 e. The van der Waals surface area contributed by atoms with Gasteiger partial charge in [0.05, 0.1) is 17.3 Å². The zero-order valence-electron chi connectivity index (χ0n) is 12.0. The van der Waals surface area contributed by atoms with Crippen LogP contribution in [0.1, 0.15) is 44.6 Å². The van der Waals surface area contributed by atoms with Crippen molar-refractivity contribution in [1.82, 2.24) is 0 Å². The SMILES string of the molecule is CCC1CCC(Nc2ccc(C#N)cc2F)(C(=O)O)CC1. The van der Waals surface area contributed by atoms with Gasteiger partial charge in [0.2, 0.25) is 0 Å². The molecule has 2 N–H and O–H groups in total. The van der Waals surface area contributed by atoms with Gasteiger partial charge in [0.25, 0.3) is 0 Å². The largest absolute Gasteiger partial charge is 0.480 e. The summed E-state index contributed by atoms with van der Waals surface area (Å²) in [6.45, 7) is 2.10. The Bertz CT molecular complexity index is 572. The van der Waals surface area contributed by atoms with Crippen LogP contribution < -0.4 is 5.32 Å². The molecule has 0 aliphatic heterocycles. The van der Waals surface area contributed by atoms with E-state index >= 15 is 0 Å². The number of nitriles is 1. The molecule has 0 heterocycles. The predicted molar refractivity (Wildman–Crippen MR) is 77.4 cm³/mol. The van der Waals surface area contributed by atoms with Crippen molar-refractivity contribution in [2.45, 2.75) is 44.6 Å². The van der Waals surface area contributed by atoms with Gasteiger partial charge in [-0.3, -0.25) is 0 Å². The molecule has 0 bridgehead atoms. The number of rotatable bonds is 4. The van der Waals surface area contributed by atoms with E-state index < -0.39 is 17.3 Å². The van der Waals surface area contributed by atoms with E-state index in [1.54, 1.807) is 0 Å². The molecule has 2 rings (SSSR count). The molecule has 1 aromatic rings. The maximum atomic E-state index is 14.0. The highest BCUT2D eigenvalue weighted by Crippen LogP contribution is 2.37. The van der Waals surface area contributed by atoms with Crippen molar-refractivity contribution < 1.29 is 14.3 Å². The lowest BCUT2D eigenvalue weighted by atomic mass is 9.75. The van der Waals surface area contributed by atoms with Gasteiger partial charge in [0, 0.05) is 0 Å². The molecule has 1 aliphatic carbocycles. The Morgan fingerprint density at radius 2 is 2.19 bits per heavy atom. The van der Waals surface area contributed by atoms with Crippen molar-refractivity contribution >= 4 is 11.7 Å². The predicted octanol–water partition coefficient (Wildman–Crippen LogP) is 3.53. The molecule has 5 heteroatoms. The number of anilines is 1. The van der Waals surface area contributed by atoms with Gasteiger partial charge in [-0.1, -0.05) is 13.3 Å². The molecule has 0 spiro atoms. The van der Waals surface area contributed by atoms with Gasteiger partial charge in [-0.25, -0.2) is 9.18 Å². The molecule has 1 fully saturated rings. The molecular weight excluding hydrogens is 271 g/mol. The second kappa shape index (κ2) is 6.13. The minimum absolute atomic E-state index is 0.145. The van der Waals surface area contributed by atoms with E-state index in [4.69, 9.17) is 5.26 Å². The Kier molecular flexibility index (Phi) is 4.46. The van der Waals surface area contributed by atoms with Gasteiger partial charge in [-0.05, 0) is 49.8 Å². The third kappa shape index (κ3) is 3.15. The van der Waals surface area contributed by atoms with Crippen LogP contribution in [0.15, 0.2) is 18.2 Å². The molecule has 1 aromatic carbocycles. The number of nitrogens with zero attached hydrogens (tertiary/aromatic N) is 1. The van der Waals surface area contributed by atoms with Crippen LogP contribution in [0.2, 0.25) is 0 Å². The Labute approximate surface area is 123 Å². The van der Waals surface area contributed by atoms with Crippen molar-refractivity contribution in [3.8, 4) is 6.07 Å². The lowest BCUT2D eigenvalue weighted by molar-refractivity contribution is -0.143. The molecule has 0 atom stereocenters. The fourth-order valence-electron chi connectivity index (χ4n) is 2.91. The minimum atomic E-state index is -1.11. The van der Waals surface area contributed by atoms with Gasteiger partial charge < -0.3 is 10.4 Å². The first-order chi connectivity index (χ1) is 10.0.